The van der Waals surface area contributed by atoms with Crippen LogP contribution >= 0.6 is 0 Å². The van der Waals surface area contributed by atoms with Gasteiger partial charge in [0.15, 0.2) is 0 Å². The van der Waals surface area contributed by atoms with Gasteiger partial charge in [0.1, 0.15) is 0 Å². The van der Waals surface area contributed by atoms with E-state index in [2.05, 4.69) is 266 Å². The molecular weight excluding hydrogens is 759 g/mol. The third kappa shape index (κ3) is 5.63. The second-order valence-electron chi connectivity index (χ2n) is 17.1. The summed E-state index contributed by atoms with van der Waals surface area (Å²) in [4.78, 5) is 2.31. The van der Waals surface area contributed by atoms with Crippen molar-refractivity contribution >= 4 is 17.1 Å². The van der Waals surface area contributed by atoms with Gasteiger partial charge in [0.2, 0.25) is 0 Å². The molecule has 0 radical (unpaired) electrons. The Balaban J connectivity index is 1.02. The van der Waals surface area contributed by atoms with Crippen molar-refractivity contribution in [3.63, 3.8) is 0 Å². The molecule has 0 amide bonds. The predicted octanol–water partition coefficient (Wildman–Crippen LogP) is 15.4. The van der Waals surface area contributed by atoms with Gasteiger partial charge >= 0.3 is 0 Å². The quantitative estimate of drug-likeness (QED) is 0.155. The van der Waals surface area contributed by atoms with Crippen LogP contribution in [0.3, 0.4) is 0 Å². The van der Waals surface area contributed by atoms with Crippen LogP contribution in [0, 0.1) is 5.92 Å². The molecule has 2 unspecified atom stereocenters. The summed E-state index contributed by atoms with van der Waals surface area (Å²) < 4.78 is 0. The first-order valence-electron chi connectivity index (χ1n) is 22.2. The molecule has 63 heavy (non-hydrogen) atoms. The fraction of sp³-hybridized carbons (Fsp3) is 0.0645. The Kier molecular flexibility index (Phi) is 8.83. The molecule has 0 saturated heterocycles. The molecule has 1 heteroatoms. The molecule has 0 aromatic heterocycles. The Morgan fingerprint density at radius 2 is 0.762 bits per heavy atom. The van der Waals surface area contributed by atoms with E-state index < -0.39 is 10.8 Å². The zero-order chi connectivity index (χ0) is 41.8. The first kappa shape index (κ1) is 37.1. The van der Waals surface area contributed by atoms with E-state index >= 15 is 0 Å². The molecule has 3 aliphatic carbocycles. The number of benzene rings is 9. The highest BCUT2D eigenvalue weighted by Gasteiger charge is 2.60. The monoisotopic (exact) mass is 803 g/mol. The number of allylic oxidation sites excluding steroid dienone is 4. The molecule has 0 aliphatic heterocycles. The van der Waals surface area contributed by atoms with Crippen LogP contribution in [-0.4, -0.2) is 0 Å². The van der Waals surface area contributed by atoms with Crippen molar-refractivity contribution in [2.24, 2.45) is 5.92 Å². The number of hydrogen-bond acceptors (Lipinski definition) is 1. The summed E-state index contributed by atoms with van der Waals surface area (Å²) in [6.45, 7) is 0. The van der Waals surface area contributed by atoms with Crippen LogP contribution in [0.25, 0.3) is 22.3 Å². The van der Waals surface area contributed by atoms with Crippen molar-refractivity contribution in [3.05, 3.63) is 305 Å². The van der Waals surface area contributed by atoms with Crippen molar-refractivity contribution in [1.29, 1.82) is 0 Å². The second-order valence-corrected chi connectivity index (χ2v) is 17.1. The van der Waals surface area contributed by atoms with Crippen LogP contribution in [0.15, 0.2) is 261 Å². The van der Waals surface area contributed by atoms with E-state index in [-0.39, 0.29) is 11.8 Å². The van der Waals surface area contributed by atoms with Crippen molar-refractivity contribution < 1.29 is 0 Å². The van der Waals surface area contributed by atoms with E-state index in [9.17, 15) is 0 Å². The Morgan fingerprint density at radius 1 is 0.317 bits per heavy atom. The summed E-state index contributed by atoms with van der Waals surface area (Å²) in [5.41, 5.74) is 18.1. The summed E-state index contributed by atoms with van der Waals surface area (Å²) in [7, 11) is 0. The van der Waals surface area contributed by atoms with Crippen LogP contribution in [-0.2, 0) is 10.8 Å². The van der Waals surface area contributed by atoms with Crippen LogP contribution < -0.4 is 4.90 Å². The summed E-state index contributed by atoms with van der Waals surface area (Å²) in [5, 5.41) is 0. The van der Waals surface area contributed by atoms with Gasteiger partial charge in [-0.3, -0.25) is 0 Å². The number of para-hydroxylation sites is 2. The maximum atomic E-state index is 2.54. The predicted molar refractivity (Wildman–Crippen MR) is 261 cm³/mol. The van der Waals surface area contributed by atoms with Crippen LogP contribution in [0.1, 0.15) is 50.4 Å². The number of fused-ring (bicyclic) bond motifs is 9. The Hall–Kier alpha value is -7.74. The normalized spacial score (nSPS) is 17.0. The van der Waals surface area contributed by atoms with Gasteiger partial charge in [-0.2, -0.15) is 0 Å². The van der Waals surface area contributed by atoms with Crippen molar-refractivity contribution in [1.82, 2.24) is 0 Å². The van der Waals surface area contributed by atoms with E-state index in [0.29, 0.717) is 0 Å². The van der Waals surface area contributed by atoms with E-state index in [1.807, 2.05) is 0 Å². The van der Waals surface area contributed by atoms with E-state index in [1.54, 1.807) is 0 Å². The highest BCUT2D eigenvalue weighted by Crippen LogP contribution is 2.66. The first-order valence-corrected chi connectivity index (χ1v) is 22.2. The van der Waals surface area contributed by atoms with E-state index in [0.717, 1.165) is 17.1 Å². The largest absolute Gasteiger partial charge is 0.311 e. The molecule has 9 aromatic rings. The standard InChI is InChI=1S/C62H45N/c1-5-22-48(23-6-1)61(49-24-7-2-8-25-49)56-32-15-17-34-58(56)62(59-35-18-16-33-57(59)61)55-31-14-13-30-53(55)54-41-38-47(43-60(54)62)46-21-19-20-45(42-46)44-36-39-52(40-37-44)63(50-26-9-3-10-27-50)51-28-11-4-12-29-51/h1-43,53,55H. The topological polar surface area (TPSA) is 3.24 Å². The zero-order valence-electron chi connectivity index (χ0n) is 34.9. The van der Waals surface area contributed by atoms with Gasteiger partial charge < -0.3 is 4.90 Å². The molecule has 12 rings (SSSR count). The Labute approximate surface area is 370 Å². The highest BCUT2D eigenvalue weighted by atomic mass is 15.1. The average Bonchev–Trinajstić information content (AvgIpc) is 3.66. The molecule has 0 heterocycles. The van der Waals surface area contributed by atoms with Gasteiger partial charge in [0.25, 0.3) is 0 Å². The molecule has 1 spiro atoms. The fourth-order valence-electron chi connectivity index (χ4n) is 11.6. The second kappa shape index (κ2) is 15.0. The minimum Gasteiger partial charge on any atom is -0.311 e. The zero-order valence-corrected chi connectivity index (χ0v) is 34.9. The number of hydrogen-bond donors (Lipinski definition) is 0. The summed E-state index contributed by atoms with van der Waals surface area (Å²) in [5.74, 6) is 0.452. The lowest BCUT2D eigenvalue weighted by Crippen LogP contribution is -2.47. The van der Waals surface area contributed by atoms with Gasteiger partial charge in [-0.1, -0.05) is 212 Å². The third-order valence-corrected chi connectivity index (χ3v) is 14.1. The lowest BCUT2D eigenvalue weighted by Gasteiger charge is -2.51. The lowest BCUT2D eigenvalue weighted by molar-refractivity contribution is 0.431. The number of rotatable bonds is 7. The first-order chi connectivity index (χ1) is 31.3. The van der Waals surface area contributed by atoms with Gasteiger partial charge in [-0.25, -0.2) is 0 Å². The lowest BCUT2D eigenvalue weighted by atomic mass is 9.50. The Bertz CT molecular complexity index is 3040. The minimum absolute atomic E-state index is 0.204. The molecule has 3 aliphatic rings. The molecule has 1 nitrogen and oxygen atoms in total. The average molecular weight is 804 g/mol. The molecule has 9 aromatic carbocycles. The van der Waals surface area contributed by atoms with Gasteiger partial charge in [0, 0.05) is 28.9 Å². The highest BCUT2D eigenvalue weighted by molar-refractivity contribution is 5.82. The smallest absolute Gasteiger partial charge is 0.0707 e. The molecule has 0 saturated carbocycles. The van der Waals surface area contributed by atoms with Crippen molar-refractivity contribution in [2.45, 2.75) is 16.7 Å². The van der Waals surface area contributed by atoms with Gasteiger partial charge in [-0.15, -0.1) is 0 Å². The van der Waals surface area contributed by atoms with Gasteiger partial charge in [-0.05, 0) is 115 Å². The molecule has 2 atom stereocenters. The van der Waals surface area contributed by atoms with Crippen molar-refractivity contribution in [2.75, 3.05) is 4.90 Å². The van der Waals surface area contributed by atoms with E-state index in [4.69, 9.17) is 0 Å². The molecule has 0 bridgehead atoms. The van der Waals surface area contributed by atoms with Crippen LogP contribution in [0.5, 0.6) is 0 Å². The third-order valence-electron chi connectivity index (χ3n) is 14.1. The molecule has 298 valence electrons. The number of anilines is 3. The van der Waals surface area contributed by atoms with Crippen molar-refractivity contribution in [3.8, 4) is 22.3 Å². The SMILES string of the molecule is C1=CC2c3ccc(-c4cccc(-c5ccc(N(c6ccccc6)c6ccccc6)cc5)c4)cc3C3(c4ccccc4C(c4ccccc4)(c4ccccc4)c4ccccc43)C2C=C1. The molecular formula is C62H45N. The summed E-state index contributed by atoms with van der Waals surface area (Å²) >= 11 is 0. The number of nitrogens with zero attached hydrogens (tertiary/aromatic N) is 1. The fourth-order valence-corrected chi connectivity index (χ4v) is 11.6. The maximum absolute atomic E-state index is 2.54. The Morgan fingerprint density at radius 3 is 1.33 bits per heavy atom. The molecule has 0 N–H and O–H groups in total. The summed E-state index contributed by atoms with van der Waals surface area (Å²) in [6, 6.07) is 87.8. The van der Waals surface area contributed by atoms with Crippen LogP contribution in [0.4, 0.5) is 17.1 Å². The maximum Gasteiger partial charge on any atom is 0.0707 e. The minimum atomic E-state index is -0.506. The van der Waals surface area contributed by atoms with E-state index in [1.165, 1.54) is 66.8 Å². The molecule has 0 fully saturated rings. The summed E-state index contributed by atoms with van der Waals surface area (Å²) in [6.07, 6.45) is 9.48. The van der Waals surface area contributed by atoms with Crippen LogP contribution in [0.2, 0.25) is 0 Å². The van der Waals surface area contributed by atoms with Gasteiger partial charge in [0.05, 0.1) is 10.8 Å².